The first-order valence-corrected chi connectivity index (χ1v) is 7.24. The molecule has 0 aliphatic rings. The van der Waals surface area contributed by atoms with Crippen molar-refractivity contribution in [3.63, 3.8) is 0 Å². The van der Waals surface area contributed by atoms with Gasteiger partial charge in [0.05, 0.1) is 0 Å². The van der Waals surface area contributed by atoms with Crippen molar-refractivity contribution in [2.24, 2.45) is 0 Å². The van der Waals surface area contributed by atoms with E-state index in [4.69, 9.17) is 0 Å². The predicted octanol–water partition coefficient (Wildman–Crippen LogP) is 3.17. The van der Waals surface area contributed by atoms with Gasteiger partial charge in [-0.1, -0.05) is 22.0 Å². The van der Waals surface area contributed by atoms with E-state index in [-0.39, 0.29) is 0 Å². The summed E-state index contributed by atoms with van der Waals surface area (Å²) in [4.78, 5) is 0. The van der Waals surface area contributed by atoms with Crippen LogP contribution in [0.15, 0.2) is 22.7 Å². The summed E-state index contributed by atoms with van der Waals surface area (Å²) in [5.74, 6) is 0. The molecule has 4 heteroatoms. The van der Waals surface area contributed by atoms with Crippen LogP contribution < -0.4 is 5.30 Å². The fraction of sp³-hybridized carbons (Fsp3) is 0.333. The van der Waals surface area contributed by atoms with Crippen LogP contribution in [0.5, 0.6) is 0 Å². The lowest BCUT2D eigenvalue weighted by atomic mass is 10.2. The van der Waals surface area contributed by atoms with Gasteiger partial charge in [-0.25, -0.2) is 4.39 Å². The fourth-order valence-corrected chi connectivity index (χ4v) is 2.84. The summed E-state index contributed by atoms with van der Waals surface area (Å²) < 4.78 is 25.1. The molecule has 0 saturated carbocycles. The lowest BCUT2D eigenvalue weighted by Gasteiger charge is -2.11. The Morgan fingerprint density at radius 3 is 2.54 bits per heavy atom. The summed E-state index contributed by atoms with van der Waals surface area (Å²) in [7, 11) is -2.35. The fourth-order valence-electron chi connectivity index (χ4n) is 1.19. The molecule has 0 bridgehead atoms. The van der Waals surface area contributed by atoms with Crippen molar-refractivity contribution in [1.29, 1.82) is 0 Å². The van der Waals surface area contributed by atoms with E-state index in [0.29, 0.717) is 10.9 Å². The van der Waals surface area contributed by atoms with Crippen LogP contribution in [-0.2, 0) is 11.2 Å². The van der Waals surface area contributed by atoms with Crippen molar-refractivity contribution in [2.75, 3.05) is 13.3 Å². The van der Waals surface area contributed by atoms with E-state index in [9.17, 15) is 8.96 Å². The quantitative estimate of drug-likeness (QED) is 0.750. The standard InChI is InChI=1S/C9H11BrFOP/c1-13(2,12)9-4-3-8(10)5-7(9)6-11/h3-5H,6H2,1-2H3. The normalized spacial score (nSPS) is 11.7. The SMILES string of the molecule is CP(C)(=O)c1ccc(Br)cc1CF. The number of benzene rings is 1. The van der Waals surface area contributed by atoms with Crippen molar-refractivity contribution in [1.82, 2.24) is 0 Å². The average Bonchev–Trinajstić information content (AvgIpc) is 2.01. The van der Waals surface area contributed by atoms with Crippen LogP contribution in [0.1, 0.15) is 5.56 Å². The maximum atomic E-state index is 12.6. The Morgan fingerprint density at radius 1 is 1.46 bits per heavy atom. The maximum absolute atomic E-state index is 12.6. The third kappa shape index (κ3) is 2.65. The van der Waals surface area contributed by atoms with Crippen molar-refractivity contribution >= 4 is 28.4 Å². The third-order valence-corrected chi connectivity index (χ3v) is 3.86. The molecule has 0 amide bonds. The Kier molecular flexibility index (Phi) is 3.31. The molecule has 0 radical (unpaired) electrons. The zero-order chi connectivity index (χ0) is 10.1. The van der Waals surface area contributed by atoms with Gasteiger partial charge in [0.1, 0.15) is 13.8 Å². The van der Waals surface area contributed by atoms with Gasteiger partial charge in [-0.05, 0) is 31.0 Å². The average molecular weight is 265 g/mol. The third-order valence-electron chi connectivity index (χ3n) is 1.77. The van der Waals surface area contributed by atoms with Crippen LogP contribution in [0.2, 0.25) is 0 Å². The highest BCUT2D eigenvalue weighted by atomic mass is 79.9. The Bertz CT molecular complexity index is 359. The maximum Gasteiger partial charge on any atom is 0.115 e. The van der Waals surface area contributed by atoms with Crippen LogP contribution in [0.25, 0.3) is 0 Å². The van der Waals surface area contributed by atoms with Gasteiger partial charge < -0.3 is 4.57 Å². The van der Waals surface area contributed by atoms with E-state index < -0.39 is 13.8 Å². The molecule has 1 rings (SSSR count). The molecule has 1 aromatic rings. The first-order valence-electron chi connectivity index (χ1n) is 3.85. The van der Waals surface area contributed by atoms with Gasteiger partial charge in [-0.2, -0.15) is 0 Å². The van der Waals surface area contributed by atoms with E-state index in [1.54, 1.807) is 31.5 Å². The van der Waals surface area contributed by atoms with Crippen LogP contribution in [0.3, 0.4) is 0 Å². The van der Waals surface area contributed by atoms with E-state index in [1.165, 1.54) is 0 Å². The number of hydrogen-bond donors (Lipinski definition) is 0. The molecule has 0 unspecified atom stereocenters. The predicted molar refractivity (Wildman–Crippen MR) is 58.0 cm³/mol. The zero-order valence-corrected chi connectivity index (χ0v) is 10.0. The Morgan fingerprint density at radius 2 is 2.08 bits per heavy atom. The van der Waals surface area contributed by atoms with Crippen molar-refractivity contribution < 1.29 is 8.96 Å². The van der Waals surface area contributed by atoms with Gasteiger partial charge in [0.25, 0.3) is 0 Å². The highest BCUT2D eigenvalue weighted by Crippen LogP contribution is 2.36. The first-order chi connectivity index (χ1) is 5.95. The number of alkyl halides is 1. The molecule has 13 heavy (non-hydrogen) atoms. The first kappa shape index (κ1) is 10.9. The van der Waals surface area contributed by atoms with Crippen LogP contribution in [-0.4, -0.2) is 13.3 Å². The molecule has 1 nitrogen and oxygen atoms in total. The number of hydrogen-bond acceptors (Lipinski definition) is 1. The molecule has 1 aromatic carbocycles. The van der Waals surface area contributed by atoms with Gasteiger partial charge in [0.15, 0.2) is 0 Å². The van der Waals surface area contributed by atoms with E-state index in [1.807, 2.05) is 0 Å². The molecule has 0 fully saturated rings. The molecular formula is C9H11BrFOP. The second-order valence-corrected chi connectivity index (χ2v) is 7.36. The molecular weight excluding hydrogens is 254 g/mol. The Labute approximate surface area is 85.8 Å². The van der Waals surface area contributed by atoms with E-state index in [2.05, 4.69) is 15.9 Å². The topological polar surface area (TPSA) is 17.1 Å². The van der Waals surface area contributed by atoms with Crippen LogP contribution >= 0.6 is 23.1 Å². The van der Waals surface area contributed by atoms with E-state index in [0.717, 1.165) is 4.47 Å². The Hall–Kier alpha value is -0.140. The summed E-state index contributed by atoms with van der Waals surface area (Å²) in [6, 6.07) is 5.18. The summed E-state index contributed by atoms with van der Waals surface area (Å²) in [5, 5.41) is 0.637. The van der Waals surface area contributed by atoms with Crippen LogP contribution in [0, 0.1) is 0 Å². The molecule has 0 atom stereocenters. The summed E-state index contributed by atoms with van der Waals surface area (Å²) >= 11 is 3.25. The van der Waals surface area contributed by atoms with Gasteiger partial charge in [0, 0.05) is 9.78 Å². The van der Waals surface area contributed by atoms with Crippen molar-refractivity contribution in [3.8, 4) is 0 Å². The van der Waals surface area contributed by atoms with Gasteiger partial charge in [-0.15, -0.1) is 0 Å². The molecule has 72 valence electrons. The molecule has 0 heterocycles. The van der Waals surface area contributed by atoms with E-state index >= 15 is 0 Å². The van der Waals surface area contributed by atoms with Gasteiger partial charge in [0.2, 0.25) is 0 Å². The summed E-state index contributed by atoms with van der Waals surface area (Å²) in [6.07, 6.45) is 0. The zero-order valence-electron chi connectivity index (χ0n) is 7.55. The second-order valence-electron chi connectivity index (χ2n) is 3.26. The molecule has 0 spiro atoms. The van der Waals surface area contributed by atoms with Gasteiger partial charge >= 0.3 is 0 Å². The van der Waals surface area contributed by atoms with Crippen molar-refractivity contribution in [3.05, 3.63) is 28.2 Å². The summed E-state index contributed by atoms with van der Waals surface area (Å²) in [6.45, 7) is 2.73. The van der Waals surface area contributed by atoms with Gasteiger partial charge in [-0.3, -0.25) is 0 Å². The highest BCUT2D eigenvalue weighted by Gasteiger charge is 2.15. The lowest BCUT2D eigenvalue weighted by molar-refractivity contribution is 0.486. The molecule has 0 aliphatic heterocycles. The molecule has 0 N–H and O–H groups in total. The highest BCUT2D eigenvalue weighted by molar-refractivity contribution is 9.10. The number of halogens is 2. The molecule has 0 saturated heterocycles. The smallest absolute Gasteiger partial charge is 0.115 e. The minimum absolute atomic E-state index is 0.516. The number of rotatable bonds is 2. The minimum atomic E-state index is -2.35. The lowest BCUT2D eigenvalue weighted by Crippen LogP contribution is -2.08. The minimum Gasteiger partial charge on any atom is -0.319 e. The monoisotopic (exact) mass is 264 g/mol. The Balaban J connectivity index is 3.30. The van der Waals surface area contributed by atoms with Crippen LogP contribution in [0.4, 0.5) is 4.39 Å². The summed E-state index contributed by atoms with van der Waals surface area (Å²) in [5.41, 5.74) is 0.516. The molecule has 0 aromatic heterocycles. The second kappa shape index (κ2) is 3.93. The van der Waals surface area contributed by atoms with Crippen molar-refractivity contribution in [2.45, 2.75) is 6.67 Å². The molecule has 0 aliphatic carbocycles. The largest absolute Gasteiger partial charge is 0.319 e.